The standard InChI is InChI=1S/C13H26N2O3/c1-13(2,3)18-12(17)15-8-5-10(6-9-15)11(16)4-7-14/h10-11,16H,4-9,14H2,1-3H3. The van der Waals surface area contributed by atoms with E-state index >= 15 is 0 Å². The molecular weight excluding hydrogens is 232 g/mol. The first-order valence-corrected chi connectivity index (χ1v) is 6.69. The molecule has 18 heavy (non-hydrogen) atoms. The normalized spacial score (nSPS) is 19.7. The number of nitrogens with zero attached hydrogens (tertiary/aromatic N) is 1. The smallest absolute Gasteiger partial charge is 0.410 e. The van der Waals surface area contributed by atoms with Crippen LogP contribution in [0.25, 0.3) is 0 Å². The van der Waals surface area contributed by atoms with Gasteiger partial charge in [0.1, 0.15) is 5.60 Å². The molecule has 106 valence electrons. The van der Waals surface area contributed by atoms with Gasteiger partial charge in [-0.3, -0.25) is 0 Å². The number of carbonyl (C=O) groups is 1. The lowest BCUT2D eigenvalue weighted by Gasteiger charge is -2.35. The second-order valence-corrected chi connectivity index (χ2v) is 5.95. The van der Waals surface area contributed by atoms with Crippen molar-refractivity contribution in [2.24, 2.45) is 11.7 Å². The molecule has 1 fully saturated rings. The Balaban J connectivity index is 2.37. The third-order valence-corrected chi connectivity index (χ3v) is 3.20. The van der Waals surface area contributed by atoms with E-state index in [1.807, 2.05) is 20.8 Å². The first-order valence-electron chi connectivity index (χ1n) is 6.69. The van der Waals surface area contributed by atoms with Gasteiger partial charge in [0, 0.05) is 13.1 Å². The highest BCUT2D eigenvalue weighted by Gasteiger charge is 2.29. The van der Waals surface area contributed by atoms with E-state index in [0.717, 1.165) is 12.8 Å². The molecule has 1 atom stereocenters. The van der Waals surface area contributed by atoms with Crippen molar-refractivity contribution in [3.8, 4) is 0 Å². The summed E-state index contributed by atoms with van der Waals surface area (Å²) in [5.41, 5.74) is 4.99. The van der Waals surface area contributed by atoms with Gasteiger partial charge in [-0.1, -0.05) is 0 Å². The molecule has 0 bridgehead atoms. The van der Waals surface area contributed by atoms with Gasteiger partial charge in [-0.2, -0.15) is 0 Å². The van der Waals surface area contributed by atoms with Crippen molar-refractivity contribution in [1.82, 2.24) is 4.90 Å². The molecule has 0 aliphatic carbocycles. The molecular formula is C13H26N2O3. The van der Waals surface area contributed by atoms with Crippen molar-refractivity contribution in [2.45, 2.75) is 51.7 Å². The van der Waals surface area contributed by atoms with Crippen LogP contribution < -0.4 is 5.73 Å². The maximum atomic E-state index is 11.8. The average molecular weight is 258 g/mol. The number of aliphatic hydroxyl groups is 1. The Morgan fingerprint density at radius 2 is 2.00 bits per heavy atom. The molecule has 1 aliphatic heterocycles. The van der Waals surface area contributed by atoms with Gasteiger partial charge in [-0.15, -0.1) is 0 Å². The van der Waals surface area contributed by atoms with Gasteiger partial charge in [0.25, 0.3) is 0 Å². The minimum absolute atomic E-state index is 0.255. The third-order valence-electron chi connectivity index (χ3n) is 3.20. The largest absolute Gasteiger partial charge is 0.444 e. The molecule has 1 saturated heterocycles. The summed E-state index contributed by atoms with van der Waals surface area (Å²) in [6.07, 6.45) is 1.68. The van der Waals surface area contributed by atoms with Crippen molar-refractivity contribution < 1.29 is 14.6 Å². The SMILES string of the molecule is CC(C)(C)OC(=O)N1CCC(C(O)CCN)CC1. The molecule has 5 nitrogen and oxygen atoms in total. The maximum absolute atomic E-state index is 11.8. The quantitative estimate of drug-likeness (QED) is 0.801. The Kier molecular flexibility index (Phi) is 5.41. The number of hydrogen-bond acceptors (Lipinski definition) is 4. The van der Waals surface area contributed by atoms with Crippen LogP contribution in [0.4, 0.5) is 4.79 Å². The summed E-state index contributed by atoms with van der Waals surface area (Å²) in [5, 5.41) is 9.87. The van der Waals surface area contributed by atoms with Crippen molar-refractivity contribution in [3.63, 3.8) is 0 Å². The van der Waals surface area contributed by atoms with Crippen molar-refractivity contribution in [3.05, 3.63) is 0 Å². The van der Waals surface area contributed by atoms with E-state index in [-0.39, 0.29) is 18.1 Å². The third kappa shape index (κ3) is 4.82. The van der Waals surface area contributed by atoms with Crippen LogP contribution in [0, 0.1) is 5.92 Å². The minimum Gasteiger partial charge on any atom is -0.444 e. The van der Waals surface area contributed by atoms with Crippen LogP contribution in [0.1, 0.15) is 40.0 Å². The number of piperidine rings is 1. The minimum atomic E-state index is -0.451. The zero-order valence-corrected chi connectivity index (χ0v) is 11.7. The van der Waals surface area contributed by atoms with E-state index in [0.29, 0.717) is 26.1 Å². The number of nitrogens with two attached hydrogens (primary N) is 1. The summed E-state index contributed by atoms with van der Waals surface area (Å²) >= 11 is 0. The van der Waals surface area contributed by atoms with E-state index in [9.17, 15) is 9.90 Å². The maximum Gasteiger partial charge on any atom is 0.410 e. The van der Waals surface area contributed by atoms with E-state index in [2.05, 4.69) is 0 Å². The lowest BCUT2D eigenvalue weighted by Crippen LogP contribution is -2.43. The Bertz CT molecular complexity index is 268. The molecule has 0 radical (unpaired) electrons. The zero-order chi connectivity index (χ0) is 13.8. The van der Waals surface area contributed by atoms with Crippen LogP contribution in [-0.2, 0) is 4.74 Å². The second-order valence-electron chi connectivity index (χ2n) is 5.95. The molecule has 0 aromatic carbocycles. The van der Waals surface area contributed by atoms with Gasteiger partial charge < -0.3 is 20.5 Å². The Morgan fingerprint density at radius 1 is 1.44 bits per heavy atom. The number of rotatable bonds is 3. The van der Waals surface area contributed by atoms with Gasteiger partial charge in [0.2, 0.25) is 0 Å². The molecule has 0 aromatic rings. The molecule has 1 heterocycles. The molecule has 1 amide bonds. The predicted octanol–water partition coefficient (Wildman–Crippen LogP) is 1.34. The van der Waals surface area contributed by atoms with Crippen LogP contribution in [0.5, 0.6) is 0 Å². The van der Waals surface area contributed by atoms with Crippen LogP contribution in [0.2, 0.25) is 0 Å². The zero-order valence-electron chi connectivity index (χ0n) is 11.7. The fraction of sp³-hybridized carbons (Fsp3) is 0.923. The Hall–Kier alpha value is -0.810. The molecule has 0 spiro atoms. The fourth-order valence-electron chi connectivity index (χ4n) is 2.20. The highest BCUT2D eigenvalue weighted by atomic mass is 16.6. The number of ether oxygens (including phenoxy) is 1. The number of aliphatic hydroxyl groups excluding tert-OH is 1. The average Bonchev–Trinajstić information content (AvgIpc) is 2.27. The highest BCUT2D eigenvalue weighted by molar-refractivity contribution is 5.68. The Morgan fingerprint density at radius 3 is 2.44 bits per heavy atom. The molecule has 1 unspecified atom stereocenters. The van der Waals surface area contributed by atoms with Crippen LogP contribution >= 0.6 is 0 Å². The van der Waals surface area contributed by atoms with E-state index < -0.39 is 5.60 Å². The van der Waals surface area contributed by atoms with Gasteiger partial charge in [0.05, 0.1) is 6.10 Å². The molecule has 0 aromatic heterocycles. The second kappa shape index (κ2) is 6.38. The molecule has 1 aliphatic rings. The predicted molar refractivity (Wildman–Crippen MR) is 70.2 cm³/mol. The molecule has 5 heteroatoms. The van der Waals surface area contributed by atoms with Gasteiger partial charge in [-0.05, 0) is 52.5 Å². The van der Waals surface area contributed by atoms with Gasteiger partial charge in [-0.25, -0.2) is 4.79 Å². The topological polar surface area (TPSA) is 75.8 Å². The lowest BCUT2D eigenvalue weighted by molar-refractivity contribution is 0.00721. The summed E-state index contributed by atoms with van der Waals surface area (Å²) in [4.78, 5) is 13.6. The van der Waals surface area contributed by atoms with Crippen LogP contribution in [0.3, 0.4) is 0 Å². The number of amides is 1. The van der Waals surface area contributed by atoms with E-state index in [1.165, 1.54) is 0 Å². The summed E-state index contributed by atoms with van der Waals surface area (Å²) in [6, 6.07) is 0. The number of hydrogen-bond donors (Lipinski definition) is 2. The molecule has 3 N–H and O–H groups in total. The summed E-state index contributed by atoms with van der Waals surface area (Å²) in [6.45, 7) is 7.41. The molecule has 1 rings (SSSR count). The fourth-order valence-corrected chi connectivity index (χ4v) is 2.20. The van der Waals surface area contributed by atoms with Gasteiger partial charge >= 0.3 is 6.09 Å². The lowest BCUT2D eigenvalue weighted by atomic mass is 9.90. The number of likely N-dealkylation sites (tertiary alicyclic amines) is 1. The summed E-state index contributed by atoms with van der Waals surface area (Å²) in [7, 11) is 0. The first kappa shape index (κ1) is 15.2. The van der Waals surface area contributed by atoms with E-state index in [1.54, 1.807) is 4.90 Å². The molecule has 0 saturated carbocycles. The van der Waals surface area contributed by atoms with Crippen molar-refractivity contribution in [1.29, 1.82) is 0 Å². The summed E-state index contributed by atoms with van der Waals surface area (Å²) in [5.74, 6) is 0.257. The van der Waals surface area contributed by atoms with Crippen LogP contribution in [-0.4, -0.2) is 47.4 Å². The van der Waals surface area contributed by atoms with Crippen LogP contribution in [0.15, 0.2) is 0 Å². The van der Waals surface area contributed by atoms with Crippen molar-refractivity contribution in [2.75, 3.05) is 19.6 Å². The first-order chi connectivity index (χ1) is 8.33. The van der Waals surface area contributed by atoms with E-state index in [4.69, 9.17) is 10.5 Å². The Labute approximate surface area is 109 Å². The van der Waals surface area contributed by atoms with Gasteiger partial charge in [0.15, 0.2) is 0 Å². The van der Waals surface area contributed by atoms with Crippen molar-refractivity contribution >= 4 is 6.09 Å². The number of carbonyl (C=O) groups excluding carboxylic acids is 1. The highest BCUT2D eigenvalue weighted by Crippen LogP contribution is 2.23. The summed E-state index contributed by atoms with van der Waals surface area (Å²) < 4.78 is 5.32. The monoisotopic (exact) mass is 258 g/mol.